The number of carbonyl (C=O) groups is 2. The lowest BCUT2D eigenvalue weighted by molar-refractivity contribution is -0.125. The van der Waals surface area contributed by atoms with Gasteiger partial charge in [0.05, 0.1) is 0 Å². The topological polar surface area (TPSA) is 34.1 Å². The molecule has 1 spiro atoms. The van der Waals surface area contributed by atoms with Crippen molar-refractivity contribution in [3.8, 4) is 0 Å². The van der Waals surface area contributed by atoms with Crippen LogP contribution in [0.25, 0.3) is 0 Å². The SMILES string of the molecule is C[C@H]1C[C@@]2(CCC1=O)Cc1ccc(Br)cc1C2=O. The number of hydrogen-bond donors (Lipinski definition) is 0. The van der Waals surface area contributed by atoms with Crippen molar-refractivity contribution in [2.45, 2.75) is 32.6 Å². The lowest BCUT2D eigenvalue weighted by atomic mass is 9.67. The number of carbonyl (C=O) groups excluding carboxylic acids is 2. The van der Waals surface area contributed by atoms with Crippen LogP contribution in [0.4, 0.5) is 0 Å². The van der Waals surface area contributed by atoms with Crippen molar-refractivity contribution in [3.63, 3.8) is 0 Å². The van der Waals surface area contributed by atoms with Crippen molar-refractivity contribution in [1.82, 2.24) is 0 Å². The van der Waals surface area contributed by atoms with Gasteiger partial charge in [-0.1, -0.05) is 28.9 Å². The molecular formula is C15H15BrO2. The monoisotopic (exact) mass is 306 g/mol. The smallest absolute Gasteiger partial charge is 0.169 e. The van der Waals surface area contributed by atoms with Gasteiger partial charge < -0.3 is 0 Å². The zero-order chi connectivity index (χ0) is 12.9. The summed E-state index contributed by atoms with van der Waals surface area (Å²) in [6, 6.07) is 5.95. The minimum Gasteiger partial charge on any atom is -0.299 e. The Kier molecular flexibility index (Phi) is 2.70. The van der Waals surface area contributed by atoms with Gasteiger partial charge in [0, 0.05) is 27.8 Å². The van der Waals surface area contributed by atoms with Crippen LogP contribution in [0.15, 0.2) is 22.7 Å². The van der Waals surface area contributed by atoms with E-state index in [0.717, 1.165) is 34.9 Å². The molecule has 3 heteroatoms. The van der Waals surface area contributed by atoms with E-state index < -0.39 is 0 Å². The Hall–Kier alpha value is -0.960. The molecule has 1 fully saturated rings. The van der Waals surface area contributed by atoms with Gasteiger partial charge in [0.2, 0.25) is 0 Å². The zero-order valence-electron chi connectivity index (χ0n) is 10.3. The largest absolute Gasteiger partial charge is 0.299 e. The van der Waals surface area contributed by atoms with E-state index in [9.17, 15) is 9.59 Å². The minimum atomic E-state index is -0.295. The van der Waals surface area contributed by atoms with E-state index in [2.05, 4.69) is 15.9 Å². The number of benzene rings is 1. The average molecular weight is 307 g/mol. The second kappa shape index (κ2) is 4.02. The predicted molar refractivity (Wildman–Crippen MR) is 72.6 cm³/mol. The molecule has 94 valence electrons. The van der Waals surface area contributed by atoms with Crippen LogP contribution in [-0.2, 0) is 11.2 Å². The second-order valence-electron chi connectivity index (χ2n) is 5.66. The van der Waals surface area contributed by atoms with Crippen LogP contribution >= 0.6 is 15.9 Å². The standard InChI is InChI=1S/C15H15BrO2/c1-9-7-15(5-4-13(9)17)8-10-2-3-11(16)6-12(10)14(15)18/h2-3,6,9H,4-5,7-8H2,1H3/t9-,15-/m0/s1. The molecular weight excluding hydrogens is 292 g/mol. The van der Waals surface area contributed by atoms with Gasteiger partial charge in [0.25, 0.3) is 0 Å². The minimum absolute atomic E-state index is 0.0282. The average Bonchev–Trinajstić information content (AvgIpc) is 2.59. The molecule has 0 amide bonds. The summed E-state index contributed by atoms with van der Waals surface area (Å²) in [5.41, 5.74) is 1.70. The first-order valence-corrected chi connectivity index (χ1v) is 7.17. The first kappa shape index (κ1) is 12.1. The Morgan fingerprint density at radius 2 is 2.11 bits per heavy atom. The molecule has 0 bridgehead atoms. The predicted octanol–water partition coefficient (Wildman–Crippen LogP) is 3.56. The van der Waals surface area contributed by atoms with E-state index in [4.69, 9.17) is 0 Å². The van der Waals surface area contributed by atoms with Gasteiger partial charge >= 0.3 is 0 Å². The molecule has 2 atom stereocenters. The first-order valence-electron chi connectivity index (χ1n) is 6.38. The van der Waals surface area contributed by atoms with Crippen molar-refractivity contribution < 1.29 is 9.59 Å². The van der Waals surface area contributed by atoms with Crippen LogP contribution in [0.5, 0.6) is 0 Å². The van der Waals surface area contributed by atoms with Gasteiger partial charge in [-0.25, -0.2) is 0 Å². The Balaban J connectivity index is 1.99. The van der Waals surface area contributed by atoms with Crippen molar-refractivity contribution in [1.29, 1.82) is 0 Å². The van der Waals surface area contributed by atoms with Gasteiger partial charge in [-0.3, -0.25) is 9.59 Å². The molecule has 1 saturated carbocycles. The number of fused-ring (bicyclic) bond motifs is 1. The lowest BCUT2D eigenvalue weighted by Crippen LogP contribution is -2.37. The fraction of sp³-hybridized carbons (Fsp3) is 0.467. The van der Waals surface area contributed by atoms with E-state index in [0.29, 0.717) is 12.2 Å². The number of ketones is 2. The summed E-state index contributed by atoms with van der Waals surface area (Å²) in [6.45, 7) is 1.95. The fourth-order valence-corrected chi connectivity index (χ4v) is 3.78. The highest BCUT2D eigenvalue weighted by molar-refractivity contribution is 9.10. The molecule has 0 unspecified atom stereocenters. The second-order valence-corrected chi connectivity index (χ2v) is 6.57. The van der Waals surface area contributed by atoms with Crippen LogP contribution < -0.4 is 0 Å². The Bertz CT molecular complexity index is 549. The third-order valence-electron chi connectivity index (χ3n) is 4.42. The Morgan fingerprint density at radius 3 is 2.83 bits per heavy atom. The highest BCUT2D eigenvalue weighted by Gasteiger charge is 2.49. The zero-order valence-corrected chi connectivity index (χ0v) is 11.9. The van der Waals surface area contributed by atoms with Gasteiger partial charge in [0.1, 0.15) is 5.78 Å². The molecule has 2 nitrogen and oxygen atoms in total. The molecule has 3 rings (SSSR count). The maximum absolute atomic E-state index is 12.6. The van der Waals surface area contributed by atoms with Crippen LogP contribution in [-0.4, -0.2) is 11.6 Å². The first-order chi connectivity index (χ1) is 8.52. The van der Waals surface area contributed by atoms with Gasteiger partial charge in [-0.05, 0) is 37.0 Å². The van der Waals surface area contributed by atoms with E-state index in [1.165, 1.54) is 0 Å². The van der Waals surface area contributed by atoms with Crippen molar-refractivity contribution in [2.24, 2.45) is 11.3 Å². The summed E-state index contributed by atoms with van der Waals surface area (Å²) < 4.78 is 0.951. The maximum Gasteiger partial charge on any atom is 0.169 e. The summed E-state index contributed by atoms with van der Waals surface area (Å²) in [5.74, 6) is 0.587. The number of hydrogen-bond acceptors (Lipinski definition) is 2. The van der Waals surface area contributed by atoms with E-state index in [-0.39, 0.29) is 17.1 Å². The highest BCUT2D eigenvalue weighted by Crippen LogP contribution is 2.48. The van der Waals surface area contributed by atoms with E-state index in [1.807, 2.05) is 25.1 Å². The van der Waals surface area contributed by atoms with Gasteiger partial charge in [0.15, 0.2) is 5.78 Å². The summed E-state index contributed by atoms with van der Waals surface area (Å²) in [5, 5.41) is 0. The Labute approximate surface area is 115 Å². The summed E-state index contributed by atoms with van der Waals surface area (Å²) in [7, 11) is 0. The normalized spacial score (nSPS) is 30.9. The van der Waals surface area contributed by atoms with Gasteiger partial charge in [-0.15, -0.1) is 0 Å². The van der Waals surface area contributed by atoms with Crippen molar-refractivity contribution >= 4 is 27.5 Å². The molecule has 0 heterocycles. The molecule has 2 aliphatic rings. The quantitative estimate of drug-likeness (QED) is 0.734. The molecule has 0 N–H and O–H groups in total. The maximum atomic E-state index is 12.6. The van der Waals surface area contributed by atoms with Gasteiger partial charge in [-0.2, -0.15) is 0 Å². The number of halogens is 1. The highest BCUT2D eigenvalue weighted by atomic mass is 79.9. The van der Waals surface area contributed by atoms with Crippen molar-refractivity contribution in [2.75, 3.05) is 0 Å². The summed E-state index contributed by atoms with van der Waals surface area (Å²) in [4.78, 5) is 24.3. The Morgan fingerprint density at radius 1 is 1.33 bits per heavy atom. The molecule has 1 aromatic rings. The molecule has 0 aliphatic heterocycles. The molecule has 2 aliphatic carbocycles. The molecule has 18 heavy (non-hydrogen) atoms. The molecule has 0 aromatic heterocycles. The molecule has 0 radical (unpaired) electrons. The van der Waals surface area contributed by atoms with Crippen LogP contribution in [0.1, 0.15) is 42.1 Å². The molecule has 0 saturated heterocycles. The molecule has 1 aromatic carbocycles. The fourth-order valence-electron chi connectivity index (χ4n) is 3.42. The van der Waals surface area contributed by atoms with Crippen LogP contribution in [0.3, 0.4) is 0 Å². The number of rotatable bonds is 0. The van der Waals surface area contributed by atoms with Crippen LogP contribution in [0, 0.1) is 11.3 Å². The number of Topliss-reactive ketones (excluding diaryl/α,β-unsaturated/α-hetero) is 2. The van der Waals surface area contributed by atoms with E-state index in [1.54, 1.807) is 0 Å². The lowest BCUT2D eigenvalue weighted by Gasteiger charge is -2.34. The summed E-state index contributed by atoms with van der Waals surface area (Å²) >= 11 is 3.42. The van der Waals surface area contributed by atoms with E-state index >= 15 is 0 Å². The third-order valence-corrected chi connectivity index (χ3v) is 4.92. The third kappa shape index (κ3) is 1.68. The van der Waals surface area contributed by atoms with Crippen LogP contribution in [0.2, 0.25) is 0 Å². The summed E-state index contributed by atoms with van der Waals surface area (Å²) in [6.07, 6.45) is 2.81. The van der Waals surface area contributed by atoms with Crippen molar-refractivity contribution in [3.05, 3.63) is 33.8 Å².